The van der Waals surface area contributed by atoms with Gasteiger partial charge in [-0.05, 0) is 61.9 Å². The SMILES string of the molecule is CC(C)Oc1cccc(/C(O)=C2/C(=O)C(=O)N(c3ccc(OC(F)(F)F)cc3)C2c2cccnc2)c1. The number of carbonyl (C=O) groups is 2. The topological polar surface area (TPSA) is 89.0 Å². The third-order valence-corrected chi connectivity index (χ3v) is 5.27. The third-order valence-electron chi connectivity index (χ3n) is 5.27. The van der Waals surface area contributed by atoms with Crippen LogP contribution in [0, 0.1) is 0 Å². The lowest BCUT2D eigenvalue weighted by Crippen LogP contribution is -2.29. The predicted octanol–water partition coefficient (Wildman–Crippen LogP) is 5.39. The fourth-order valence-corrected chi connectivity index (χ4v) is 3.90. The standard InChI is InChI=1S/C26H21F3N2O5/c1-15(2)35-20-7-3-5-16(13-20)23(32)21-22(17-6-4-12-30-14-17)31(25(34)24(21)33)18-8-10-19(11-9-18)36-26(27,28)29/h3-15,22,32H,1-2H3/b23-21-. The number of benzene rings is 2. The maximum absolute atomic E-state index is 13.2. The van der Waals surface area contributed by atoms with Crippen molar-refractivity contribution in [1.29, 1.82) is 0 Å². The molecule has 0 bridgehead atoms. The number of alkyl halides is 3. The third kappa shape index (κ3) is 5.17. The number of Topliss-reactive ketones (excluding diaryl/α,β-unsaturated/α-hetero) is 1. The van der Waals surface area contributed by atoms with Gasteiger partial charge in [0.15, 0.2) is 0 Å². The first-order chi connectivity index (χ1) is 17.0. The van der Waals surface area contributed by atoms with Gasteiger partial charge in [-0.2, -0.15) is 0 Å². The minimum absolute atomic E-state index is 0.132. The number of halogens is 3. The van der Waals surface area contributed by atoms with E-state index in [1.165, 1.54) is 24.5 Å². The number of hydrogen-bond acceptors (Lipinski definition) is 6. The van der Waals surface area contributed by atoms with E-state index in [2.05, 4.69) is 9.72 Å². The fourth-order valence-electron chi connectivity index (χ4n) is 3.90. The van der Waals surface area contributed by atoms with E-state index in [4.69, 9.17) is 4.74 Å². The summed E-state index contributed by atoms with van der Waals surface area (Å²) in [5.74, 6) is -2.35. The minimum Gasteiger partial charge on any atom is -0.507 e. The largest absolute Gasteiger partial charge is 0.573 e. The van der Waals surface area contributed by atoms with Crippen molar-refractivity contribution in [2.24, 2.45) is 0 Å². The molecule has 2 aromatic carbocycles. The van der Waals surface area contributed by atoms with Gasteiger partial charge in [0.25, 0.3) is 11.7 Å². The van der Waals surface area contributed by atoms with Gasteiger partial charge in [-0.1, -0.05) is 18.2 Å². The van der Waals surface area contributed by atoms with Crippen molar-refractivity contribution >= 4 is 23.1 Å². The van der Waals surface area contributed by atoms with E-state index in [1.807, 2.05) is 13.8 Å². The summed E-state index contributed by atoms with van der Waals surface area (Å²) in [5, 5.41) is 11.2. The van der Waals surface area contributed by atoms with Gasteiger partial charge in [0, 0.05) is 23.6 Å². The Morgan fingerprint density at radius 1 is 1.03 bits per heavy atom. The molecule has 2 heterocycles. The van der Waals surface area contributed by atoms with Gasteiger partial charge in [0.1, 0.15) is 17.3 Å². The van der Waals surface area contributed by atoms with Crippen molar-refractivity contribution in [3.63, 3.8) is 0 Å². The number of rotatable bonds is 6. The van der Waals surface area contributed by atoms with Crippen molar-refractivity contribution < 1.29 is 37.3 Å². The zero-order chi connectivity index (χ0) is 26.0. The van der Waals surface area contributed by atoms with Gasteiger partial charge in [-0.3, -0.25) is 19.5 Å². The van der Waals surface area contributed by atoms with E-state index in [-0.39, 0.29) is 22.9 Å². The van der Waals surface area contributed by atoms with Crippen LogP contribution in [0.3, 0.4) is 0 Å². The molecule has 1 atom stereocenters. The molecule has 1 aliphatic rings. The highest BCUT2D eigenvalue weighted by atomic mass is 19.4. The van der Waals surface area contributed by atoms with Crippen LogP contribution < -0.4 is 14.4 Å². The van der Waals surface area contributed by atoms with E-state index < -0.39 is 35.6 Å². The molecule has 0 radical (unpaired) electrons. The zero-order valence-electron chi connectivity index (χ0n) is 19.2. The summed E-state index contributed by atoms with van der Waals surface area (Å²) in [5.41, 5.74) is 0.624. The molecule has 1 aromatic heterocycles. The average molecular weight is 498 g/mol. The number of nitrogens with zero attached hydrogens (tertiary/aromatic N) is 2. The van der Waals surface area contributed by atoms with Crippen molar-refractivity contribution in [3.05, 3.63) is 89.8 Å². The molecule has 0 aliphatic carbocycles. The summed E-state index contributed by atoms with van der Waals surface area (Å²) in [6.07, 6.45) is -2.07. The van der Waals surface area contributed by atoms with Crippen LogP contribution in [0.5, 0.6) is 11.5 Å². The molecule has 10 heteroatoms. The lowest BCUT2D eigenvalue weighted by molar-refractivity contribution is -0.274. The lowest BCUT2D eigenvalue weighted by Gasteiger charge is -2.25. The Balaban J connectivity index is 1.82. The summed E-state index contributed by atoms with van der Waals surface area (Å²) in [6.45, 7) is 3.68. The lowest BCUT2D eigenvalue weighted by atomic mass is 9.96. The van der Waals surface area contributed by atoms with Gasteiger partial charge < -0.3 is 14.6 Å². The first-order valence-electron chi connectivity index (χ1n) is 10.9. The summed E-state index contributed by atoms with van der Waals surface area (Å²) in [6, 6.07) is 13.1. The van der Waals surface area contributed by atoms with Crippen molar-refractivity contribution in [2.75, 3.05) is 4.90 Å². The molecule has 1 fully saturated rings. The first kappa shape index (κ1) is 24.8. The Morgan fingerprint density at radius 3 is 2.36 bits per heavy atom. The number of amides is 1. The molecule has 1 unspecified atom stereocenters. The van der Waals surface area contributed by atoms with Gasteiger partial charge in [0.05, 0.1) is 17.7 Å². The number of carbonyl (C=O) groups excluding carboxylic acids is 2. The number of aliphatic hydroxyl groups excluding tert-OH is 1. The Kier molecular flexibility index (Phi) is 6.69. The molecular formula is C26H21F3N2O5. The quantitative estimate of drug-likeness (QED) is 0.278. The monoisotopic (exact) mass is 498 g/mol. The number of aromatic nitrogens is 1. The summed E-state index contributed by atoms with van der Waals surface area (Å²) in [4.78, 5) is 31.5. The number of pyridine rings is 1. The average Bonchev–Trinajstić information content (AvgIpc) is 3.09. The highest BCUT2D eigenvalue weighted by Gasteiger charge is 2.47. The number of hydrogen-bond donors (Lipinski definition) is 1. The van der Waals surface area contributed by atoms with Crippen molar-refractivity contribution in [1.82, 2.24) is 4.98 Å². The molecule has 0 saturated carbocycles. The van der Waals surface area contributed by atoms with Crippen LogP contribution in [0.4, 0.5) is 18.9 Å². The highest BCUT2D eigenvalue weighted by molar-refractivity contribution is 6.51. The molecule has 1 saturated heterocycles. The second-order valence-corrected chi connectivity index (χ2v) is 8.19. The minimum atomic E-state index is -4.88. The molecule has 0 spiro atoms. The van der Waals surface area contributed by atoms with Crippen LogP contribution >= 0.6 is 0 Å². The summed E-state index contributed by atoms with van der Waals surface area (Å²) >= 11 is 0. The predicted molar refractivity (Wildman–Crippen MR) is 124 cm³/mol. The van der Waals surface area contributed by atoms with Crippen LogP contribution in [0.1, 0.15) is 31.0 Å². The van der Waals surface area contributed by atoms with E-state index in [0.29, 0.717) is 11.3 Å². The molecule has 36 heavy (non-hydrogen) atoms. The van der Waals surface area contributed by atoms with Crippen LogP contribution in [-0.2, 0) is 9.59 Å². The normalized spacial score (nSPS) is 17.5. The fraction of sp³-hybridized carbons (Fsp3) is 0.192. The van der Waals surface area contributed by atoms with Crippen molar-refractivity contribution in [2.45, 2.75) is 32.4 Å². The molecule has 1 aliphatic heterocycles. The second-order valence-electron chi connectivity index (χ2n) is 8.19. The Labute approximate surface area is 204 Å². The number of aliphatic hydroxyl groups is 1. The van der Waals surface area contributed by atoms with E-state index >= 15 is 0 Å². The van der Waals surface area contributed by atoms with Gasteiger partial charge in [-0.25, -0.2) is 0 Å². The number of ketones is 1. The van der Waals surface area contributed by atoms with Crippen molar-refractivity contribution in [3.8, 4) is 11.5 Å². The van der Waals surface area contributed by atoms with E-state index in [1.54, 1.807) is 36.4 Å². The van der Waals surface area contributed by atoms with Crippen LogP contribution in [-0.4, -0.2) is 34.2 Å². The van der Waals surface area contributed by atoms with Crippen LogP contribution in [0.15, 0.2) is 78.6 Å². The highest BCUT2D eigenvalue weighted by Crippen LogP contribution is 2.42. The molecule has 4 rings (SSSR count). The van der Waals surface area contributed by atoms with Gasteiger partial charge in [-0.15, -0.1) is 13.2 Å². The molecule has 1 amide bonds. The summed E-state index contributed by atoms with van der Waals surface area (Å²) < 4.78 is 47.2. The van der Waals surface area contributed by atoms with Crippen LogP contribution in [0.2, 0.25) is 0 Å². The maximum atomic E-state index is 13.2. The van der Waals surface area contributed by atoms with Crippen LogP contribution in [0.25, 0.3) is 5.76 Å². The second kappa shape index (κ2) is 9.73. The Morgan fingerprint density at radius 2 is 1.75 bits per heavy atom. The number of ether oxygens (including phenoxy) is 2. The Hall–Kier alpha value is -4.34. The van der Waals surface area contributed by atoms with E-state index in [9.17, 15) is 27.9 Å². The Bertz CT molecular complexity index is 1310. The first-order valence-corrected chi connectivity index (χ1v) is 10.9. The molecular weight excluding hydrogens is 477 g/mol. The molecule has 186 valence electrons. The molecule has 1 N–H and O–H groups in total. The van der Waals surface area contributed by atoms with Gasteiger partial charge >= 0.3 is 6.36 Å². The smallest absolute Gasteiger partial charge is 0.507 e. The molecule has 3 aromatic rings. The van der Waals surface area contributed by atoms with E-state index in [0.717, 1.165) is 17.0 Å². The number of anilines is 1. The van der Waals surface area contributed by atoms with Gasteiger partial charge in [0.2, 0.25) is 0 Å². The summed E-state index contributed by atoms with van der Waals surface area (Å²) in [7, 11) is 0. The zero-order valence-corrected chi connectivity index (χ0v) is 19.2. The maximum Gasteiger partial charge on any atom is 0.573 e. The molecule has 7 nitrogen and oxygen atoms in total.